The molecule has 0 saturated carbocycles. The number of sulfonamides is 1. The molecule has 1 aliphatic heterocycles. The number of fused-ring (bicyclic) bond motifs is 2. The molecule has 12 heteroatoms. The number of imidazole rings is 1. The molecular formula is C33H26ClF3N4O2S2. The summed E-state index contributed by atoms with van der Waals surface area (Å²) in [5.41, 5.74) is 3.52. The van der Waals surface area contributed by atoms with Gasteiger partial charge in [0.05, 0.1) is 21.8 Å². The fraction of sp³-hybridized carbons (Fsp3) is 0.182. The van der Waals surface area contributed by atoms with Crippen LogP contribution in [0.25, 0.3) is 37.4 Å². The van der Waals surface area contributed by atoms with Crippen molar-refractivity contribution in [1.82, 2.24) is 18.6 Å². The lowest BCUT2D eigenvalue weighted by molar-refractivity contribution is -0.137. The van der Waals surface area contributed by atoms with E-state index in [4.69, 9.17) is 16.6 Å². The summed E-state index contributed by atoms with van der Waals surface area (Å²) >= 11 is 7.90. The van der Waals surface area contributed by atoms with Gasteiger partial charge < -0.3 is 4.40 Å². The SMILES string of the molecule is O=S(=O)(c1cccc(C(F)(F)F)c1)N1CCN(Cc2c(-c3ccc(Cl)cc3)nc3ccc(-c4cc5ccccc5s4)cn23)CC1. The molecule has 6 aromatic rings. The van der Waals surface area contributed by atoms with Crippen LogP contribution in [0.5, 0.6) is 0 Å². The van der Waals surface area contributed by atoms with Crippen molar-refractivity contribution in [3.63, 3.8) is 0 Å². The van der Waals surface area contributed by atoms with Gasteiger partial charge in [-0.25, -0.2) is 13.4 Å². The smallest absolute Gasteiger partial charge is 0.301 e. The van der Waals surface area contributed by atoms with Gasteiger partial charge in [-0.2, -0.15) is 17.5 Å². The quantitative estimate of drug-likeness (QED) is 0.181. The van der Waals surface area contributed by atoms with Gasteiger partial charge in [-0.3, -0.25) is 4.90 Å². The van der Waals surface area contributed by atoms with Crippen molar-refractivity contribution in [3.05, 3.63) is 113 Å². The average molecular weight is 667 g/mol. The predicted octanol–water partition coefficient (Wildman–Crippen LogP) is 8.06. The van der Waals surface area contributed by atoms with E-state index in [9.17, 15) is 21.6 Å². The highest BCUT2D eigenvalue weighted by atomic mass is 35.5. The molecule has 45 heavy (non-hydrogen) atoms. The van der Waals surface area contributed by atoms with Crippen LogP contribution in [0.1, 0.15) is 11.3 Å². The molecule has 0 amide bonds. The Hall–Kier alpha value is -3.74. The molecule has 0 unspecified atom stereocenters. The standard InChI is InChI=1S/C33H26ClF3N4O2S2/c34-26-11-8-22(9-12-26)32-28(41-20-24(10-13-31(41)38-32)30-18-23-4-1-2-7-29(23)44-30)21-39-14-16-40(17-15-39)45(42,43)27-6-3-5-25(19-27)33(35,36)37/h1-13,18-20H,14-17,21H2. The van der Waals surface area contributed by atoms with E-state index in [-0.39, 0.29) is 18.0 Å². The first kappa shape index (κ1) is 29.9. The zero-order valence-electron chi connectivity index (χ0n) is 23.7. The third-order valence-corrected chi connectivity index (χ3v) is 11.4. The molecule has 1 aliphatic rings. The first-order valence-electron chi connectivity index (χ1n) is 14.2. The van der Waals surface area contributed by atoms with Gasteiger partial charge in [0.2, 0.25) is 10.0 Å². The summed E-state index contributed by atoms with van der Waals surface area (Å²) in [4.78, 5) is 7.90. The maximum atomic E-state index is 13.3. The Kier molecular flexibility index (Phi) is 7.69. The van der Waals surface area contributed by atoms with E-state index in [1.165, 1.54) is 20.5 Å². The Morgan fingerprint density at radius 1 is 0.844 bits per heavy atom. The minimum atomic E-state index is -4.63. The molecule has 7 rings (SSSR count). The lowest BCUT2D eigenvalue weighted by Crippen LogP contribution is -2.48. The monoisotopic (exact) mass is 666 g/mol. The Bertz CT molecular complexity index is 2100. The molecule has 230 valence electrons. The predicted molar refractivity (Wildman–Crippen MR) is 172 cm³/mol. The lowest BCUT2D eigenvalue weighted by Gasteiger charge is -2.34. The Morgan fingerprint density at radius 2 is 1.58 bits per heavy atom. The average Bonchev–Trinajstić information content (AvgIpc) is 3.63. The molecule has 6 nitrogen and oxygen atoms in total. The van der Waals surface area contributed by atoms with E-state index in [2.05, 4.69) is 39.8 Å². The number of halogens is 4. The van der Waals surface area contributed by atoms with Gasteiger partial charge in [0, 0.05) is 64.6 Å². The van der Waals surface area contributed by atoms with Crippen LogP contribution in [0.2, 0.25) is 5.02 Å². The molecule has 0 spiro atoms. The van der Waals surface area contributed by atoms with Crippen molar-refractivity contribution in [2.45, 2.75) is 17.6 Å². The van der Waals surface area contributed by atoms with Crippen LogP contribution in [0.3, 0.4) is 0 Å². The van der Waals surface area contributed by atoms with Crippen molar-refractivity contribution in [1.29, 1.82) is 0 Å². The van der Waals surface area contributed by atoms with Crippen LogP contribution < -0.4 is 0 Å². The van der Waals surface area contributed by atoms with Crippen LogP contribution in [0.4, 0.5) is 13.2 Å². The topological polar surface area (TPSA) is 57.9 Å². The summed E-state index contributed by atoms with van der Waals surface area (Å²) < 4.78 is 70.9. The third-order valence-electron chi connectivity index (χ3n) is 8.05. The minimum Gasteiger partial charge on any atom is -0.301 e. The molecule has 1 saturated heterocycles. The van der Waals surface area contributed by atoms with E-state index in [1.54, 1.807) is 11.3 Å². The number of piperazine rings is 1. The van der Waals surface area contributed by atoms with Crippen molar-refractivity contribution in [2.24, 2.45) is 0 Å². The Labute approximate surface area is 267 Å². The molecule has 0 aliphatic carbocycles. The van der Waals surface area contributed by atoms with Gasteiger partial charge in [-0.15, -0.1) is 11.3 Å². The summed E-state index contributed by atoms with van der Waals surface area (Å²) in [5.74, 6) is 0. The van der Waals surface area contributed by atoms with Gasteiger partial charge >= 0.3 is 6.18 Å². The fourth-order valence-corrected chi connectivity index (χ4v) is 8.32. The van der Waals surface area contributed by atoms with Crippen LogP contribution in [-0.2, 0) is 22.7 Å². The number of benzene rings is 3. The van der Waals surface area contributed by atoms with Gasteiger partial charge in [0.1, 0.15) is 5.65 Å². The van der Waals surface area contributed by atoms with Crippen molar-refractivity contribution >= 4 is 48.7 Å². The lowest BCUT2D eigenvalue weighted by atomic mass is 10.1. The largest absolute Gasteiger partial charge is 0.416 e. The molecule has 0 N–H and O–H groups in total. The van der Waals surface area contributed by atoms with Crippen LogP contribution in [0.15, 0.2) is 102 Å². The second kappa shape index (κ2) is 11.6. The summed E-state index contributed by atoms with van der Waals surface area (Å²) in [6.07, 6.45) is -2.53. The first-order chi connectivity index (χ1) is 21.6. The molecule has 0 atom stereocenters. The fourth-order valence-electron chi connectivity index (χ4n) is 5.67. The highest BCUT2D eigenvalue weighted by molar-refractivity contribution is 7.89. The van der Waals surface area contributed by atoms with Crippen molar-refractivity contribution < 1.29 is 21.6 Å². The molecule has 1 fully saturated rings. The molecule has 0 bridgehead atoms. The molecule has 3 aromatic heterocycles. The van der Waals surface area contributed by atoms with Gasteiger partial charge in [-0.05, 0) is 60.0 Å². The second-order valence-electron chi connectivity index (χ2n) is 10.9. The van der Waals surface area contributed by atoms with E-state index in [0.29, 0.717) is 30.7 Å². The van der Waals surface area contributed by atoms with Crippen LogP contribution in [0, 0.1) is 0 Å². The number of aromatic nitrogens is 2. The number of pyridine rings is 1. The summed E-state index contributed by atoms with van der Waals surface area (Å²) in [6.45, 7) is 1.60. The number of rotatable bonds is 6. The highest BCUT2D eigenvalue weighted by Crippen LogP contribution is 2.35. The first-order valence-corrected chi connectivity index (χ1v) is 16.9. The van der Waals surface area contributed by atoms with Crippen molar-refractivity contribution in [3.8, 4) is 21.7 Å². The summed E-state index contributed by atoms with van der Waals surface area (Å²) in [5, 5.41) is 1.80. The number of hydrogen-bond acceptors (Lipinski definition) is 5. The van der Waals surface area contributed by atoms with E-state index < -0.39 is 21.8 Å². The maximum absolute atomic E-state index is 13.3. The molecule has 4 heterocycles. The zero-order chi connectivity index (χ0) is 31.3. The number of hydrogen-bond donors (Lipinski definition) is 0. The van der Waals surface area contributed by atoms with E-state index >= 15 is 0 Å². The van der Waals surface area contributed by atoms with Crippen LogP contribution in [-0.4, -0.2) is 53.2 Å². The third kappa shape index (κ3) is 5.86. The van der Waals surface area contributed by atoms with Gasteiger partial charge in [0.25, 0.3) is 0 Å². The Balaban J connectivity index is 1.19. The number of thiophene rings is 1. The Morgan fingerprint density at radius 3 is 2.31 bits per heavy atom. The molecule has 3 aromatic carbocycles. The molecule has 0 radical (unpaired) electrons. The van der Waals surface area contributed by atoms with Crippen LogP contribution >= 0.6 is 22.9 Å². The maximum Gasteiger partial charge on any atom is 0.416 e. The minimum absolute atomic E-state index is 0.151. The normalized spacial score (nSPS) is 15.3. The highest BCUT2D eigenvalue weighted by Gasteiger charge is 2.34. The van der Waals surface area contributed by atoms with Gasteiger partial charge in [0.15, 0.2) is 0 Å². The number of nitrogens with zero attached hydrogens (tertiary/aromatic N) is 4. The summed E-state index contributed by atoms with van der Waals surface area (Å²) in [6, 6.07) is 25.9. The second-order valence-corrected chi connectivity index (χ2v) is 14.4. The van der Waals surface area contributed by atoms with E-state index in [0.717, 1.165) is 45.2 Å². The summed E-state index contributed by atoms with van der Waals surface area (Å²) in [7, 11) is -4.09. The number of alkyl halides is 3. The van der Waals surface area contributed by atoms with E-state index in [1.807, 2.05) is 42.5 Å². The van der Waals surface area contributed by atoms with Gasteiger partial charge in [-0.1, -0.05) is 48.0 Å². The zero-order valence-corrected chi connectivity index (χ0v) is 26.1. The molecular weight excluding hydrogens is 641 g/mol. The van der Waals surface area contributed by atoms with Crippen molar-refractivity contribution in [2.75, 3.05) is 26.2 Å².